The number of amides is 1. The van der Waals surface area contributed by atoms with E-state index in [0.29, 0.717) is 5.69 Å². The van der Waals surface area contributed by atoms with Crippen LogP contribution in [0, 0.1) is 5.41 Å². The summed E-state index contributed by atoms with van der Waals surface area (Å²) in [5.74, 6) is -2.04. The maximum Gasteiger partial charge on any atom is 0.322 e. The fourth-order valence-corrected chi connectivity index (χ4v) is 3.65. The first kappa shape index (κ1) is 17.9. The summed E-state index contributed by atoms with van der Waals surface area (Å²) < 4.78 is 5.24. The number of carbonyl (C=O) groups excluding carboxylic acids is 3. The van der Waals surface area contributed by atoms with Gasteiger partial charge >= 0.3 is 5.97 Å². The van der Waals surface area contributed by atoms with Crippen LogP contribution in [-0.4, -0.2) is 24.3 Å². The molecule has 0 spiro atoms. The van der Waals surface area contributed by atoms with Crippen molar-refractivity contribution in [3.63, 3.8) is 0 Å². The monoisotopic (exact) mass is 351 g/mol. The Morgan fingerprint density at radius 2 is 1.58 bits per heavy atom. The van der Waals surface area contributed by atoms with Crippen LogP contribution in [0.4, 0.5) is 5.69 Å². The number of Topliss-reactive ketones (excluding diaryl/α,β-unsaturated/α-hetero) is 1. The van der Waals surface area contributed by atoms with Crippen molar-refractivity contribution in [1.29, 1.82) is 0 Å². The Morgan fingerprint density at radius 3 is 2.12 bits per heavy atom. The van der Waals surface area contributed by atoms with Crippen molar-refractivity contribution < 1.29 is 19.1 Å². The lowest BCUT2D eigenvalue weighted by atomic mass is 9.74. The number of para-hydroxylation sites is 1. The average molecular weight is 351 g/mol. The molecule has 1 saturated heterocycles. The third-order valence-electron chi connectivity index (χ3n) is 4.89. The zero-order chi connectivity index (χ0) is 18.7. The Labute approximate surface area is 152 Å². The highest BCUT2D eigenvalue weighted by molar-refractivity contribution is 6.49. The SMILES string of the molecule is CCOC(=O)C1(CC)C(=O)C(=O)N(c2ccccc2)C1c1ccccc1. The number of carbonyl (C=O) groups is 3. The topological polar surface area (TPSA) is 63.7 Å². The Bertz CT molecular complexity index is 818. The second kappa shape index (κ2) is 7.12. The second-order valence-electron chi connectivity index (χ2n) is 6.20. The van der Waals surface area contributed by atoms with E-state index >= 15 is 0 Å². The van der Waals surface area contributed by atoms with Gasteiger partial charge in [-0.15, -0.1) is 0 Å². The maximum absolute atomic E-state index is 13.1. The predicted molar refractivity (Wildman–Crippen MR) is 97.5 cm³/mol. The van der Waals surface area contributed by atoms with E-state index in [-0.39, 0.29) is 13.0 Å². The third kappa shape index (κ3) is 2.60. The Hall–Kier alpha value is -2.95. The number of benzene rings is 2. The van der Waals surface area contributed by atoms with Crippen LogP contribution in [0.1, 0.15) is 31.9 Å². The molecule has 2 unspecified atom stereocenters. The lowest BCUT2D eigenvalue weighted by Gasteiger charge is -2.34. The number of hydrogen-bond donors (Lipinski definition) is 0. The van der Waals surface area contributed by atoms with Crippen LogP contribution in [0.3, 0.4) is 0 Å². The first-order chi connectivity index (χ1) is 12.6. The van der Waals surface area contributed by atoms with Gasteiger partial charge in [0.25, 0.3) is 5.91 Å². The second-order valence-corrected chi connectivity index (χ2v) is 6.20. The van der Waals surface area contributed by atoms with Crippen LogP contribution in [0.2, 0.25) is 0 Å². The first-order valence-corrected chi connectivity index (χ1v) is 8.73. The van der Waals surface area contributed by atoms with Gasteiger partial charge in [-0.3, -0.25) is 19.3 Å². The Morgan fingerprint density at radius 1 is 1.00 bits per heavy atom. The number of ketones is 1. The Balaban J connectivity index is 2.24. The average Bonchev–Trinajstić information content (AvgIpc) is 2.91. The van der Waals surface area contributed by atoms with E-state index in [1.165, 1.54) is 4.90 Å². The van der Waals surface area contributed by atoms with E-state index in [9.17, 15) is 14.4 Å². The van der Waals surface area contributed by atoms with E-state index in [1.54, 1.807) is 38.1 Å². The molecule has 0 aliphatic carbocycles. The molecule has 0 N–H and O–H groups in total. The molecular formula is C21H21NO4. The maximum atomic E-state index is 13.1. The molecule has 1 amide bonds. The van der Waals surface area contributed by atoms with Crippen LogP contribution >= 0.6 is 0 Å². The summed E-state index contributed by atoms with van der Waals surface area (Å²) in [7, 11) is 0. The minimum absolute atomic E-state index is 0.148. The van der Waals surface area contributed by atoms with Crippen LogP contribution in [-0.2, 0) is 19.1 Å². The number of anilines is 1. The summed E-state index contributed by atoms with van der Waals surface area (Å²) in [4.78, 5) is 40.3. The number of rotatable bonds is 5. The summed E-state index contributed by atoms with van der Waals surface area (Å²) >= 11 is 0. The molecule has 1 heterocycles. The number of ether oxygens (including phenoxy) is 1. The zero-order valence-corrected chi connectivity index (χ0v) is 14.8. The molecule has 2 atom stereocenters. The van der Waals surface area contributed by atoms with Crippen molar-refractivity contribution in [3.8, 4) is 0 Å². The summed E-state index contributed by atoms with van der Waals surface area (Å²) in [6.45, 7) is 3.58. The van der Waals surface area contributed by atoms with Gasteiger partial charge in [0, 0.05) is 5.69 Å². The first-order valence-electron chi connectivity index (χ1n) is 8.73. The van der Waals surface area contributed by atoms with Crippen LogP contribution < -0.4 is 4.90 Å². The normalized spacial score (nSPS) is 22.5. The number of esters is 1. The van der Waals surface area contributed by atoms with Gasteiger partial charge in [0.05, 0.1) is 12.6 Å². The van der Waals surface area contributed by atoms with Gasteiger partial charge in [0.1, 0.15) is 0 Å². The van der Waals surface area contributed by atoms with Crippen molar-refractivity contribution in [1.82, 2.24) is 0 Å². The Kier molecular flexibility index (Phi) is 4.89. The van der Waals surface area contributed by atoms with Crippen LogP contribution in [0.5, 0.6) is 0 Å². The number of hydrogen-bond acceptors (Lipinski definition) is 4. The van der Waals surface area contributed by atoms with Crippen molar-refractivity contribution in [2.45, 2.75) is 26.3 Å². The number of nitrogens with zero attached hydrogens (tertiary/aromatic N) is 1. The molecule has 0 radical (unpaired) electrons. The summed E-state index contributed by atoms with van der Waals surface area (Å²) in [6.07, 6.45) is 0.180. The predicted octanol–water partition coefficient (Wildman–Crippen LogP) is 3.30. The molecule has 0 aromatic heterocycles. The molecule has 2 aromatic carbocycles. The zero-order valence-electron chi connectivity index (χ0n) is 14.8. The minimum atomic E-state index is -1.55. The van der Waals surface area contributed by atoms with Crippen LogP contribution in [0.25, 0.3) is 0 Å². The molecule has 3 rings (SSSR count). The molecule has 5 heteroatoms. The third-order valence-corrected chi connectivity index (χ3v) is 4.89. The van der Waals surface area contributed by atoms with Crippen molar-refractivity contribution >= 4 is 23.3 Å². The lowest BCUT2D eigenvalue weighted by molar-refractivity contribution is -0.161. The summed E-state index contributed by atoms with van der Waals surface area (Å²) in [5, 5.41) is 0. The van der Waals surface area contributed by atoms with E-state index in [1.807, 2.05) is 36.4 Å². The van der Waals surface area contributed by atoms with Crippen LogP contribution in [0.15, 0.2) is 60.7 Å². The summed E-state index contributed by atoms with van der Waals surface area (Å²) in [5.41, 5.74) is -0.241. The highest BCUT2D eigenvalue weighted by atomic mass is 16.5. The fraction of sp³-hybridized carbons (Fsp3) is 0.286. The summed E-state index contributed by atoms with van der Waals surface area (Å²) in [6, 6.07) is 17.4. The largest absolute Gasteiger partial charge is 0.465 e. The van der Waals surface area contributed by atoms with Gasteiger partial charge in [-0.2, -0.15) is 0 Å². The lowest BCUT2D eigenvalue weighted by Crippen LogP contribution is -2.43. The highest BCUT2D eigenvalue weighted by Crippen LogP contribution is 2.50. The minimum Gasteiger partial charge on any atom is -0.465 e. The highest BCUT2D eigenvalue weighted by Gasteiger charge is 2.64. The fourth-order valence-electron chi connectivity index (χ4n) is 3.65. The van der Waals surface area contributed by atoms with Crippen molar-refractivity contribution in [2.75, 3.05) is 11.5 Å². The van der Waals surface area contributed by atoms with E-state index in [2.05, 4.69) is 0 Å². The molecule has 2 aromatic rings. The van der Waals surface area contributed by atoms with Gasteiger partial charge in [0.15, 0.2) is 5.41 Å². The van der Waals surface area contributed by atoms with E-state index in [4.69, 9.17) is 4.74 Å². The molecular weight excluding hydrogens is 330 g/mol. The molecule has 0 bridgehead atoms. The van der Waals surface area contributed by atoms with Gasteiger partial charge in [-0.25, -0.2) is 0 Å². The van der Waals surface area contributed by atoms with Gasteiger partial charge in [-0.1, -0.05) is 55.5 Å². The van der Waals surface area contributed by atoms with Crippen molar-refractivity contribution in [3.05, 3.63) is 66.2 Å². The van der Waals surface area contributed by atoms with E-state index in [0.717, 1.165) is 5.56 Å². The van der Waals surface area contributed by atoms with E-state index < -0.39 is 29.1 Å². The quantitative estimate of drug-likeness (QED) is 0.471. The molecule has 1 aliphatic rings. The molecule has 5 nitrogen and oxygen atoms in total. The molecule has 1 fully saturated rings. The molecule has 0 saturated carbocycles. The molecule has 1 aliphatic heterocycles. The standard InChI is InChI=1S/C21H21NO4/c1-3-21(20(25)26-4-2)17(15-11-7-5-8-12-15)22(19(24)18(21)23)16-13-9-6-10-14-16/h5-14,17H,3-4H2,1-2H3. The molecule has 26 heavy (non-hydrogen) atoms. The van der Waals surface area contributed by atoms with Gasteiger partial charge < -0.3 is 4.74 Å². The van der Waals surface area contributed by atoms with Crippen molar-refractivity contribution in [2.24, 2.45) is 5.41 Å². The molecule has 134 valence electrons. The van der Waals surface area contributed by atoms with Gasteiger partial charge in [-0.05, 0) is 31.0 Å². The smallest absolute Gasteiger partial charge is 0.322 e. The van der Waals surface area contributed by atoms with Gasteiger partial charge in [0.2, 0.25) is 5.78 Å².